The van der Waals surface area contributed by atoms with E-state index >= 15 is 0 Å². The number of hydrogen-bond donors (Lipinski definition) is 1. The van der Waals surface area contributed by atoms with E-state index in [2.05, 4.69) is 58.6 Å². The Hall–Kier alpha value is -0.940. The molecule has 0 bridgehead atoms. The molecule has 0 fully saturated rings. The number of halogens is 1. The molecule has 0 saturated carbocycles. The predicted octanol–water partition coefficient (Wildman–Crippen LogP) is 3.54. The highest BCUT2D eigenvalue weighted by Gasteiger charge is 2.18. The first-order valence-corrected chi connectivity index (χ1v) is 7.20. The quantitative estimate of drug-likeness (QED) is 0.472. The Labute approximate surface area is 123 Å². The molecule has 0 aliphatic carbocycles. The van der Waals surface area contributed by atoms with Gasteiger partial charge in [0.25, 0.3) is 0 Å². The Kier molecular flexibility index (Phi) is 6.45. The number of anilines is 1. The van der Waals surface area contributed by atoms with Crippen molar-refractivity contribution in [2.24, 2.45) is 0 Å². The summed E-state index contributed by atoms with van der Waals surface area (Å²) in [5, 5.41) is 3.24. The average Bonchev–Trinajstić information content (AvgIpc) is 2.32. The second kappa shape index (κ2) is 7.60. The second-order valence-electron chi connectivity index (χ2n) is 5.27. The van der Waals surface area contributed by atoms with Crippen molar-refractivity contribution in [3.8, 4) is 0 Å². The number of nitrogens with zero attached hydrogens (tertiary/aromatic N) is 2. The van der Waals surface area contributed by atoms with Gasteiger partial charge in [0, 0.05) is 18.0 Å². The first kappa shape index (κ1) is 16.1. The monoisotopic (exact) mass is 327 g/mol. The van der Waals surface area contributed by atoms with Crippen LogP contribution in [-0.2, 0) is 10.2 Å². The minimum absolute atomic E-state index is 0.0688. The molecule has 1 heterocycles. The van der Waals surface area contributed by atoms with Crippen LogP contribution in [0.15, 0.2) is 23.3 Å². The number of ether oxygens (including phenoxy) is 1. The summed E-state index contributed by atoms with van der Waals surface area (Å²) in [5.41, 5.74) is -0.0688. The van der Waals surface area contributed by atoms with Crippen LogP contribution >= 0.6 is 15.9 Å². The molecule has 0 spiro atoms. The number of nitrogens with one attached hydrogen (secondary N) is 1. The maximum Gasteiger partial charge on any atom is 0.137 e. The highest BCUT2D eigenvalue weighted by Crippen LogP contribution is 2.22. The van der Waals surface area contributed by atoms with Crippen molar-refractivity contribution in [1.29, 1.82) is 0 Å². The number of rotatable bonds is 7. The summed E-state index contributed by atoms with van der Waals surface area (Å²) in [6.07, 6.45) is 2.73. The normalized spacial score (nSPS) is 11.4. The van der Waals surface area contributed by atoms with Gasteiger partial charge in [-0.25, -0.2) is 9.97 Å². The van der Waals surface area contributed by atoms with Gasteiger partial charge in [0.2, 0.25) is 0 Å². The van der Waals surface area contributed by atoms with Gasteiger partial charge in [-0.1, -0.05) is 26.8 Å². The first-order valence-electron chi connectivity index (χ1n) is 6.41. The summed E-state index contributed by atoms with van der Waals surface area (Å²) in [5.74, 6) is 1.64. The molecule has 1 aromatic rings. The van der Waals surface area contributed by atoms with Gasteiger partial charge in [-0.3, -0.25) is 0 Å². The van der Waals surface area contributed by atoms with E-state index in [1.807, 2.05) is 12.1 Å². The van der Waals surface area contributed by atoms with Crippen LogP contribution in [0.1, 0.15) is 33.0 Å². The fraction of sp³-hybridized carbons (Fsp3) is 0.571. The van der Waals surface area contributed by atoms with Crippen molar-refractivity contribution >= 4 is 21.7 Å². The Morgan fingerprint density at radius 2 is 2.11 bits per heavy atom. The van der Waals surface area contributed by atoms with Crippen LogP contribution < -0.4 is 5.32 Å². The van der Waals surface area contributed by atoms with Crippen LogP contribution in [-0.4, -0.2) is 29.7 Å². The molecule has 0 aliphatic rings. The summed E-state index contributed by atoms with van der Waals surface area (Å²) in [6, 6.07) is 1.87. The van der Waals surface area contributed by atoms with E-state index < -0.39 is 0 Å². The first-order chi connectivity index (χ1) is 8.93. The summed E-state index contributed by atoms with van der Waals surface area (Å²) in [7, 11) is 0. The molecular formula is C14H22BrN3O. The van der Waals surface area contributed by atoms with E-state index in [1.54, 1.807) is 0 Å². The Balaban J connectivity index is 2.50. The minimum atomic E-state index is -0.0688. The molecule has 19 heavy (non-hydrogen) atoms. The van der Waals surface area contributed by atoms with Crippen molar-refractivity contribution < 1.29 is 4.74 Å². The predicted molar refractivity (Wildman–Crippen MR) is 82.6 cm³/mol. The molecule has 1 N–H and O–H groups in total. The highest BCUT2D eigenvalue weighted by atomic mass is 79.9. The summed E-state index contributed by atoms with van der Waals surface area (Å²) in [6.45, 7) is 12.0. The third kappa shape index (κ3) is 6.16. The lowest BCUT2D eigenvalue weighted by molar-refractivity contribution is 0.149. The Bertz CT molecular complexity index is 416. The maximum absolute atomic E-state index is 5.43. The molecule has 4 nitrogen and oxygen atoms in total. The van der Waals surface area contributed by atoms with E-state index in [1.165, 1.54) is 0 Å². The molecule has 1 rings (SSSR count). The molecular weight excluding hydrogens is 306 g/mol. The summed E-state index contributed by atoms with van der Waals surface area (Å²) < 4.78 is 6.23. The van der Waals surface area contributed by atoms with Gasteiger partial charge in [0.15, 0.2) is 0 Å². The van der Waals surface area contributed by atoms with E-state index in [-0.39, 0.29) is 5.41 Å². The van der Waals surface area contributed by atoms with E-state index in [9.17, 15) is 0 Å². The van der Waals surface area contributed by atoms with Crippen molar-refractivity contribution in [1.82, 2.24) is 9.97 Å². The van der Waals surface area contributed by atoms with Crippen molar-refractivity contribution in [2.45, 2.75) is 32.6 Å². The van der Waals surface area contributed by atoms with Crippen LogP contribution in [0, 0.1) is 0 Å². The molecule has 0 aliphatic heterocycles. The fourth-order valence-electron chi connectivity index (χ4n) is 1.36. The zero-order valence-electron chi connectivity index (χ0n) is 11.9. The molecule has 5 heteroatoms. The molecule has 0 unspecified atom stereocenters. The third-order valence-electron chi connectivity index (χ3n) is 2.38. The minimum Gasteiger partial charge on any atom is -0.379 e. The largest absolute Gasteiger partial charge is 0.379 e. The van der Waals surface area contributed by atoms with Crippen molar-refractivity contribution in [2.75, 3.05) is 25.1 Å². The van der Waals surface area contributed by atoms with Crippen molar-refractivity contribution in [3.63, 3.8) is 0 Å². The van der Waals surface area contributed by atoms with Crippen LogP contribution in [0.3, 0.4) is 0 Å². The van der Waals surface area contributed by atoms with Gasteiger partial charge in [-0.2, -0.15) is 0 Å². The zero-order valence-corrected chi connectivity index (χ0v) is 13.5. The van der Waals surface area contributed by atoms with Crippen LogP contribution in [0.5, 0.6) is 0 Å². The SMILES string of the molecule is C=CCCOCCNc1cc(Br)nc(C(C)(C)C)n1. The van der Waals surface area contributed by atoms with Crippen LogP contribution in [0.2, 0.25) is 0 Å². The summed E-state index contributed by atoms with van der Waals surface area (Å²) >= 11 is 3.42. The zero-order chi connectivity index (χ0) is 14.3. The highest BCUT2D eigenvalue weighted by molar-refractivity contribution is 9.10. The van der Waals surface area contributed by atoms with E-state index in [0.29, 0.717) is 13.2 Å². The maximum atomic E-state index is 5.43. The Morgan fingerprint density at radius 1 is 1.37 bits per heavy atom. The lowest BCUT2D eigenvalue weighted by Gasteiger charge is -2.18. The molecule has 0 atom stereocenters. The summed E-state index contributed by atoms with van der Waals surface area (Å²) in [4.78, 5) is 8.91. The molecule has 1 aromatic heterocycles. The van der Waals surface area contributed by atoms with Gasteiger partial charge in [-0.05, 0) is 22.4 Å². The standard InChI is InChI=1S/C14H22BrN3O/c1-5-6-8-19-9-7-16-12-10-11(15)17-13(18-12)14(2,3)4/h5,10H,1,6-9H2,2-4H3,(H,16,17,18). The molecule has 0 amide bonds. The number of hydrogen-bond acceptors (Lipinski definition) is 4. The molecule has 106 valence electrons. The average molecular weight is 328 g/mol. The van der Waals surface area contributed by atoms with Gasteiger partial charge in [0.1, 0.15) is 16.2 Å². The molecule has 0 radical (unpaired) electrons. The van der Waals surface area contributed by atoms with Crippen LogP contribution in [0.4, 0.5) is 5.82 Å². The Morgan fingerprint density at radius 3 is 2.74 bits per heavy atom. The van der Waals surface area contributed by atoms with Crippen LogP contribution in [0.25, 0.3) is 0 Å². The van der Waals surface area contributed by atoms with Gasteiger partial charge in [0.05, 0.1) is 13.2 Å². The van der Waals surface area contributed by atoms with Gasteiger partial charge >= 0.3 is 0 Å². The van der Waals surface area contributed by atoms with Gasteiger partial charge in [-0.15, -0.1) is 6.58 Å². The molecule has 0 saturated heterocycles. The second-order valence-corrected chi connectivity index (χ2v) is 6.08. The molecule has 0 aromatic carbocycles. The lowest BCUT2D eigenvalue weighted by Crippen LogP contribution is -2.18. The van der Waals surface area contributed by atoms with E-state index in [4.69, 9.17) is 4.74 Å². The smallest absolute Gasteiger partial charge is 0.137 e. The van der Waals surface area contributed by atoms with E-state index in [0.717, 1.165) is 29.2 Å². The van der Waals surface area contributed by atoms with Gasteiger partial charge < -0.3 is 10.1 Å². The fourth-order valence-corrected chi connectivity index (χ4v) is 1.75. The van der Waals surface area contributed by atoms with Crippen molar-refractivity contribution in [3.05, 3.63) is 29.1 Å². The topological polar surface area (TPSA) is 47.0 Å². The third-order valence-corrected chi connectivity index (χ3v) is 2.79. The number of aromatic nitrogens is 2. The lowest BCUT2D eigenvalue weighted by atomic mass is 9.96.